The van der Waals surface area contributed by atoms with Crippen molar-refractivity contribution in [1.82, 2.24) is 10.2 Å². The minimum absolute atomic E-state index is 0.0113. The minimum atomic E-state index is -1.22. The predicted molar refractivity (Wildman–Crippen MR) is 106 cm³/mol. The van der Waals surface area contributed by atoms with Crippen LogP contribution in [-0.2, 0) is 26.5 Å². The summed E-state index contributed by atoms with van der Waals surface area (Å²) in [7, 11) is 1.54. The number of hydrogen-bond acceptors (Lipinski definition) is 5. The van der Waals surface area contributed by atoms with Crippen LogP contribution in [0.15, 0.2) is 42.5 Å². The van der Waals surface area contributed by atoms with E-state index in [1.807, 2.05) is 38.1 Å². The molecule has 1 fully saturated rings. The second kappa shape index (κ2) is 7.95. The predicted octanol–water partition coefficient (Wildman–Crippen LogP) is 2.82. The van der Waals surface area contributed by atoms with Crippen molar-refractivity contribution in [2.24, 2.45) is 0 Å². The van der Waals surface area contributed by atoms with Crippen molar-refractivity contribution in [3.63, 3.8) is 0 Å². The molecule has 0 aliphatic carbocycles. The van der Waals surface area contributed by atoms with Gasteiger partial charge in [0, 0.05) is 5.56 Å². The number of aryl methyl sites for hydroxylation is 2. The fourth-order valence-electron chi connectivity index (χ4n) is 3.28. The van der Waals surface area contributed by atoms with Gasteiger partial charge in [0.25, 0.3) is 5.91 Å². The number of benzene rings is 2. The number of nitrogens with zero attached hydrogens (tertiary/aromatic N) is 1. The highest BCUT2D eigenvalue weighted by molar-refractivity contribution is 6.08. The van der Waals surface area contributed by atoms with E-state index in [1.54, 1.807) is 25.1 Å². The molecule has 2 aromatic rings. The molecule has 2 aromatic carbocycles. The number of hydrogen-bond donors (Lipinski definition) is 1. The smallest absolute Gasteiger partial charge is 0.326 e. The van der Waals surface area contributed by atoms with Crippen LogP contribution in [0.3, 0.4) is 0 Å². The van der Waals surface area contributed by atoms with Crippen LogP contribution in [0, 0.1) is 13.8 Å². The summed E-state index contributed by atoms with van der Waals surface area (Å²) in [6.45, 7) is 5.01. The zero-order valence-corrected chi connectivity index (χ0v) is 16.9. The summed E-state index contributed by atoms with van der Waals surface area (Å²) in [5.74, 6) is -0.563. The van der Waals surface area contributed by atoms with E-state index in [0.29, 0.717) is 16.9 Å². The van der Waals surface area contributed by atoms with Crippen molar-refractivity contribution in [2.75, 3.05) is 13.7 Å². The second-order valence-electron chi connectivity index (χ2n) is 7.29. The summed E-state index contributed by atoms with van der Waals surface area (Å²) in [6.07, 6.45) is 0. The molecule has 1 heterocycles. The molecule has 1 atom stereocenters. The molecule has 7 nitrogen and oxygen atoms in total. The van der Waals surface area contributed by atoms with Crippen molar-refractivity contribution in [2.45, 2.75) is 32.9 Å². The van der Waals surface area contributed by atoms with Gasteiger partial charge in [-0.1, -0.05) is 41.5 Å². The Bertz CT molecular complexity index is 954. The molecule has 0 unspecified atom stereocenters. The van der Waals surface area contributed by atoms with Gasteiger partial charge in [0.2, 0.25) is 0 Å². The number of imide groups is 1. The molecule has 152 valence electrons. The SMILES string of the molecule is COc1ccc(C)cc1COC(=O)CN1C(=O)N[C@](C)(c2ccc(C)cc2)C1=O. The van der Waals surface area contributed by atoms with Gasteiger partial charge in [-0.15, -0.1) is 0 Å². The number of amides is 3. The number of rotatable bonds is 6. The molecule has 0 saturated carbocycles. The Kier molecular flexibility index (Phi) is 5.59. The Balaban J connectivity index is 1.68. The number of methoxy groups -OCH3 is 1. The molecule has 0 aromatic heterocycles. The third-order valence-corrected chi connectivity index (χ3v) is 5.02. The molecular formula is C22H24N2O5. The van der Waals surface area contributed by atoms with Crippen LogP contribution in [0.4, 0.5) is 4.79 Å². The van der Waals surface area contributed by atoms with Crippen LogP contribution < -0.4 is 10.1 Å². The molecule has 3 amide bonds. The summed E-state index contributed by atoms with van der Waals surface area (Å²) >= 11 is 0. The normalized spacial score (nSPS) is 18.6. The van der Waals surface area contributed by atoms with E-state index in [1.165, 1.54) is 7.11 Å². The first-order chi connectivity index (χ1) is 13.7. The van der Waals surface area contributed by atoms with Crippen LogP contribution in [0.2, 0.25) is 0 Å². The average molecular weight is 396 g/mol. The van der Waals surface area contributed by atoms with E-state index in [2.05, 4.69) is 5.32 Å². The van der Waals surface area contributed by atoms with E-state index >= 15 is 0 Å². The highest BCUT2D eigenvalue weighted by Gasteiger charge is 2.49. The topological polar surface area (TPSA) is 84.9 Å². The summed E-state index contributed by atoms with van der Waals surface area (Å²) in [6, 6.07) is 12.2. The third kappa shape index (κ3) is 4.08. The molecule has 0 bridgehead atoms. The zero-order chi connectivity index (χ0) is 21.2. The van der Waals surface area contributed by atoms with Crippen LogP contribution in [-0.4, -0.2) is 36.5 Å². The molecule has 3 rings (SSSR count). The average Bonchev–Trinajstić information content (AvgIpc) is 2.91. The van der Waals surface area contributed by atoms with E-state index < -0.39 is 30.0 Å². The summed E-state index contributed by atoms with van der Waals surface area (Å²) < 4.78 is 10.5. The van der Waals surface area contributed by atoms with Crippen molar-refractivity contribution in [1.29, 1.82) is 0 Å². The number of nitrogens with one attached hydrogen (secondary N) is 1. The Morgan fingerprint density at radius 1 is 1.07 bits per heavy atom. The van der Waals surface area contributed by atoms with Gasteiger partial charge in [0.05, 0.1) is 7.11 Å². The zero-order valence-electron chi connectivity index (χ0n) is 16.9. The second-order valence-corrected chi connectivity index (χ2v) is 7.29. The molecule has 0 spiro atoms. The van der Waals surface area contributed by atoms with Gasteiger partial charge in [0.15, 0.2) is 0 Å². The molecule has 1 aliphatic heterocycles. The minimum Gasteiger partial charge on any atom is -0.496 e. The van der Waals surface area contributed by atoms with Gasteiger partial charge in [-0.3, -0.25) is 14.5 Å². The standard InChI is InChI=1S/C22H24N2O5/c1-14-5-8-17(9-6-14)22(3)20(26)24(21(27)23-22)12-19(25)29-13-16-11-15(2)7-10-18(16)28-4/h5-11H,12-13H2,1-4H3,(H,23,27)/t22-/m1/s1. The van der Waals surface area contributed by atoms with Crippen molar-refractivity contribution in [3.8, 4) is 5.75 Å². The summed E-state index contributed by atoms with van der Waals surface area (Å²) in [4.78, 5) is 38.4. The maximum absolute atomic E-state index is 12.9. The van der Waals surface area contributed by atoms with Crippen LogP contribution in [0.5, 0.6) is 5.75 Å². The van der Waals surface area contributed by atoms with Crippen LogP contribution in [0.1, 0.15) is 29.2 Å². The molecule has 1 saturated heterocycles. The number of ether oxygens (including phenoxy) is 2. The first kappa shape index (κ1) is 20.4. The summed E-state index contributed by atoms with van der Waals surface area (Å²) in [5.41, 5.74) is 2.19. The fourth-order valence-corrected chi connectivity index (χ4v) is 3.28. The third-order valence-electron chi connectivity index (χ3n) is 5.02. The largest absolute Gasteiger partial charge is 0.496 e. The highest BCUT2D eigenvalue weighted by Crippen LogP contribution is 2.29. The van der Waals surface area contributed by atoms with Crippen molar-refractivity contribution in [3.05, 3.63) is 64.7 Å². The highest BCUT2D eigenvalue weighted by atomic mass is 16.5. The van der Waals surface area contributed by atoms with E-state index in [-0.39, 0.29) is 6.61 Å². The van der Waals surface area contributed by atoms with Gasteiger partial charge < -0.3 is 14.8 Å². The number of urea groups is 1. The van der Waals surface area contributed by atoms with E-state index in [0.717, 1.165) is 16.0 Å². The maximum Gasteiger partial charge on any atom is 0.326 e. The molecule has 7 heteroatoms. The maximum atomic E-state index is 12.9. The quantitative estimate of drug-likeness (QED) is 0.600. The summed E-state index contributed by atoms with van der Waals surface area (Å²) in [5, 5.41) is 2.68. The molecular weight excluding hydrogens is 372 g/mol. The number of esters is 1. The van der Waals surface area contributed by atoms with Crippen LogP contribution in [0.25, 0.3) is 0 Å². The van der Waals surface area contributed by atoms with Gasteiger partial charge in [-0.05, 0) is 38.5 Å². The van der Waals surface area contributed by atoms with Crippen LogP contribution >= 0.6 is 0 Å². The number of carbonyl (C=O) groups is 3. The molecule has 1 N–H and O–H groups in total. The van der Waals surface area contributed by atoms with Crippen molar-refractivity contribution < 1.29 is 23.9 Å². The van der Waals surface area contributed by atoms with Gasteiger partial charge in [-0.2, -0.15) is 0 Å². The van der Waals surface area contributed by atoms with Gasteiger partial charge in [-0.25, -0.2) is 4.79 Å². The lowest BCUT2D eigenvalue weighted by Crippen LogP contribution is -2.41. The van der Waals surface area contributed by atoms with Gasteiger partial charge in [0.1, 0.15) is 24.4 Å². The molecule has 0 radical (unpaired) electrons. The molecule has 1 aliphatic rings. The lowest BCUT2D eigenvalue weighted by molar-refractivity contribution is -0.148. The Morgan fingerprint density at radius 2 is 1.72 bits per heavy atom. The van der Waals surface area contributed by atoms with E-state index in [9.17, 15) is 14.4 Å². The molecule has 29 heavy (non-hydrogen) atoms. The lowest BCUT2D eigenvalue weighted by atomic mass is 9.91. The fraction of sp³-hybridized carbons (Fsp3) is 0.318. The first-order valence-electron chi connectivity index (χ1n) is 9.25. The monoisotopic (exact) mass is 396 g/mol. The number of carbonyl (C=O) groups excluding carboxylic acids is 3. The van der Waals surface area contributed by atoms with Crippen molar-refractivity contribution >= 4 is 17.9 Å². The first-order valence-corrected chi connectivity index (χ1v) is 9.25. The lowest BCUT2D eigenvalue weighted by Gasteiger charge is -2.22. The Labute approximate surface area is 169 Å². The van der Waals surface area contributed by atoms with Gasteiger partial charge >= 0.3 is 12.0 Å². The Hall–Kier alpha value is -3.35. The van der Waals surface area contributed by atoms with E-state index in [4.69, 9.17) is 9.47 Å². The Morgan fingerprint density at radius 3 is 2.38 bits per heavy atom.